The highest BCUT2D eigenvalue weighted by atomic mass is 16.6. The second-order valence-corrected chi connectivity index (χ2v) is 7.33. The van der Waals surface area contributed by atoms with Crippen molar-refractivity contribution in [2.45, 2.75) is 47.2 Å². The Kier molecular flexibility index (Phi) is 11.2. The number of nitro groups is 2. The summed E-state index contributed by atoms with van der Waals surface area (Å²) in [5, 5.41) is 26.2. The Morgan fingerprint density at radius 3 is 1.72 bits per heavy atom. The molecule has 36 heavy (non-hydrogen) atoms. The Balaban J connectivity index is 4.16. The molecule has 0 aliphatic heterocycles. The third-order valence-electron chi connectivity index (χ3n) is 5.47. The summed E-state index contributed by atoms with van der Waals surface area (Å²) in [7, 11) is 0. The van der Waals surface area contributed by atoms with Crippen molar-refractivity contribution < 1.29 is 33.7 Å². The lowest BCUT2D eigenvalue weighted by Gasteiger charge is -2.39. The molecule has 1 aromatic carbocycles. The number of nitro benzene ring substituents is 2. The second-order valence-electron chi connectivity index (χ2n) is 7.33. The number of nitrogens with one attached hydrogen (secondary N) is 1. The van der Waals surface area contributed by atoms with E-state index < -0.39 is 56.0 Å². The number of esters is 2. The summed E-state index contributed by atoms with van der Waals surface area (Å²) in [6, 6.07) is 1.54. The van der Waals surface area contributed by atoms with Crippen LogP contribution in [0, 0.1) is 20.2 Å². The van der Waals surface area contributed by atoms with Gasteiger partial charge in [0.15, 0.2) is 0 Å². The van der Waals surface area contributed by atoms with Crippen molar-refractivity contribution in [2.24, 2.45) is 0 Å². The fraction of sp³-hybridized carbons (Fsp3) is 0.591. The van der Waals surface area contributed by atoms with Gasteiger partial charge in [0.25, 0.3) is 22.9 Å². The maximum absolute atomic E-state index is 13.4. The molecular weight excluding hydrogens is 478 g/mol. The molecule has 14 nitrogen and oxygen atoms in total. The molecule has 0 saturated carbocycles. The van der Waals surface area contributed by atoms with E-state index in [1.54, 1.807) is 27.7 Å². The molecule has 0 saturated heterocycles. The van der Waals surface area contributed by atoms with Gasteiger partial charge in [-0.25, -0.2) is 9.59 Å². The van der Waals surface area contributed by atoms with Crippen LogP contribution in [-0.2, 0) is 19.1 Å². The number of hydrogen-bond donors (Lipinski definition) is 1. The SMILES string of the molecule is CCOC(=O)C(Nc1cc([N+](=O)[O-])cc([N+](=O)[O-])c1C(=O)N(CC)CC)(C(=O)OCC)N(CC)CC. The molecule has 0 bridgehead atoms. The van der Waals surface area contributed by atoms with Gasteiger partial charge in [0.05, 0.1) is 34.8 Å². The first kappa shape index (κ1) is 30.2. The van der Waals surface area contributed by atoms with E-state index >= 15 is 0 Å². The number of carbonyl (C=O) groups excluding carboxylic acids is 3. The lowest BCUT2D eigenvalue weighted by atomic mass is 10.0. The minimum absolute atomic E-state index is 0.109. The van der Waals surface area contributed by atoms with Crippen LogP contribution in [-0.4, -0.2) is 82.5 Å². The molecular formula is C22H33N5O9. The first-order valence-corrected chi connectivity index (χ1v) is 11.6. The lowest BCUT2D eigenvalue weighted by Crippen LogP contribution is -2.66. The highest BCUT2D eigenvalue weighted by molar-refractivity contribution is 6.10. The predicted molar refractivity (Wildman–Crippen MR) is 130 cm³/mol. The summed E-state index contributed by atoms with van der Waals surface area (Å²) < 4.78 is 10.3. The highest BCUT2D eigenvalue weighted by Gasteiger charge is 2.54. The minimum Gasteiger partial charge on any atom is -0.463 e. The number of benzene rings is 1. The summed E-state index contributed by atoms with van der Waals surface area (Å²) in [6.45, 7) is 9.98. The van der Waals surface area contributed by atoms with Crippen molar-refractivity contribution in [3.63, 3.8) is 0 Å². The fourth-order valence-corrected chi connectivity index (χ4v) is 3.74. The van der Waals surface area contributed by atoms with Gasteiger partial charge in [-0.15, -0.1) is 0 Å². The van der Waals surface area contributed by atoms with Gasteiger partial charge in [0.2, 0.25) is 0 Å². The maximum atomic E-state index is 13.4. The highest BCUT2D eigenvalue weighted by Crippen LogP contribution is 2.36. The molecule has 0 heterocycles. The first-order valence-electron chi connectivity index (χ1n) is 11.6. The summed E-state index contributed by atoms with van der Waals surface area (Å²) in [5.41, 5.74) is -4.97. The molecule has 1 aromatic rings. The van der Waals surface area contributed by atoms with Crippen molar-refractivity contribution in [2.75, 3.05) is 44.7 Å². The molecule has 200 valence electrons. The van der Waals surface area contributed by atoms with E-state index in [-0.39, 0.29) is 39.4 Å². The Morgan fingerprint density at radius 1 is 0.861 bits per heavy atom. The van der Waals surface area contributed by atoms with Gasteiger partial charge in [-0.05, 0) is 40.8 Å². The van der Waals surface area contributed by atoms with Crippen LogP contribution in [0.2, 0.25) is 0 Å². The second kappa shape index (κ2) is 13.3. The molecule has 0 unspecified atom stereocenters. The van der Waals surface area contributed by atoms with Crippen LogP contribution < -0.4 is 5.32 Å². The zero-order chi connectivity index (χ0) is 27.6. The van der Waals surface area contributed by atoms with Crippen LogP contribution >= 0.6 is 0 Å². The number of non-ortho nitro benzene ring substituents is 1. The van der Waals surface area contributed by atoms with Crippen LogP contribution in [0.5, 0.6) is 0 Å². The Labute approximate surface area is 208 Å². The molecule has 1 amide bonds. The van der Waals surface area contributed by atoms with Gasteiger partial charge >= 0.3 is 11.9 Å². The maximum Gasteiger partial charge on any atom is 0.359 e. The summed E-state index contributed by atoms with van der Waals surface area (Å²) in [6.07, 6.45) is 0. The zero-order valence-electron chi connectivity index (χ0n) is 21.4. The molecule has 14 heteroatoms. The Hall–Kier alpha value is -3.81. The van der Waals surface area contributed by atoms with Crippen molar-refractivity contribution in [1.82, 2.24) is 9.80 Å². The van der Waals surface area contributed by atoms with Gasteiger partial charge in [-0.3, -0.25) is 29.9 Å². The van der Waals surface area contributed by atoms with Crippen LogP contribution in [0.25, 0.3) is 0 Å². The number of anilines is 1. The first-order chi connectivity index (χ1) is 17.0. The normalized spacial score (nSPS) is 11.1. The summed E-state index contributed by atoms with van der Waals surface area (Å²) in [4.78, 5) is 64.4. The number of nitrogens with zero attached hydrogens (tertiary/aromatic N) is 4. The van der Waals surface area contributed by atoms with E-state index in [1.165, 1.54) is 23.6 Å². The average Bonchev–Trinajstić information content (AvgIpc) is 2.84. The minimum atomic E-state index is -2.39. The topological polar surface area (TPSA) is 174 Å². The standard InChI is InChI=1S/C22H33N5O9/c1-7-24(8-2)19(28)18-16(13-15(26(31)32)14-17(18)27(33)34)23-22(20(29)35-11-5,21(30)36-12-6)25(9-3)10-4/h13-14,23H,7-12H2,1-6H3. The van der Waals surface area contributed by atoms with Crippen molar-refractivity contribution in [1.29, 1.82) is 0 Å². The van der Waals surface area contributed by atoms with E-state index in [4.69, 9.17) is 9.47 Å². The van der Waals surface area contributed by atoms with Crippen molar-refractivity contribution >= 4 is 34.9 Å². The van der Waals surface area contributed by atoms with Crippen LogP contribution in [0.1, 0.15) is 51.9 Å². The van der Waals surface area contributed by atoms with Gasteiger partial charge in [0, 0.05) is 19.2 Å². The molecule has 0 fully saturated rings. The van der Waals surface area contributed by atoms with Gasteiger partial charge in [-0.1, -0.05) is 13.8 Å². The summed E-state index contributed by atoms with van der Waals surface area (Å²) >= 11 is 0. The predicted octanol–water partition coefficient (Wildman–Crippen LogP) is 2.56. The van der Waals surface area contributed by atoms with Crippen molar-refractivity contribution in [3.05, 3.63) is 37.9 Å². The van der Waals surface area contributed by atoms with E-state index in [9.17, 15) is 34.6 Å². The molecule has 0 aliphatic carbocycles. The number of ether oxygens (including phenoxy) is 2. The van der Waals surface area contributed by atoms with Crippen LogP contribution in [0.3, 0.4) is 0 Å². The molecule has 0 aliphatic rings. The molecule has 0 spiro atoms. The Bertz CT molecular complexity index is 972. The van der Waals surface area contributed by atoms with E-state index in [1.807, 2.05) is 0 Å². The van der Waals surface area contributed by atoms with Crippen LogP contribution in [0.15, 0.2) is 12.1 Å². The zero-order valence-corrected chi connectivity index (χ0v) is 21.4. The van der Waals surface area contributed by atoms with Crippen LogP contribution in [0.4, 0.5) is 17.1 Å². The Morgan fingerprint density at radius 2 is 1.36 bits per heavy atom. The largest absolute Gasteiger partial charge is 0.463 e. The number of amides is 1. The third kappa shape index (κ3) is 6.05. The monoisotopic (exact) mass is 511 g/mol. The smallest absolute Gasteiger partial charge is 0.359 e. The molecule has 1 N–H and O–H groups in total. The third-order valence-corrected chi connectivity index (χ3v) is 5.47. The van der Waals surface area contributed by atoms with E-state index in [0.29, 0.717) is 6.07 Å². The molecule has 1 rings (SSSR count). The van der Waals surface area contributed by atoms with Gasteiger partial charge < -0.3 is 19.7 Å². The van der Waals surface area contributed by atoms with E-state index in [0.717, 1.165) is 6.07 Å². The number of rotatable bonds is 14. The van der Waals surface area contributed by atoms with E-state index in [2.05, 4.69) is 5.32 Å². The van der Waals surface area contributed by atoms with Gasteiger partial charge in [-0.2, -0.15) is 0 Å². The molecule has 0 atom stereocenters. The lowest BCUT2D eigenvalue weighted by molar-refractivity contribution is -0.394. The van der Waals surface area contributed by atoms with Crippen molar-refractivity contribution in [3.8, 4) is 0 Å². The number of carbonyl (C=O) groups is 3. The average molecular weight is 512 g/mol. The molecule has 0 radical (unpaired) electrons. The fourth-order valence-electron chi connectivity index (χ4n) is 3.74. The summed E-state index contributed by atoms with van der Waals surface area (Å²) in [5.74, 6) is -3.00. The number of likely N-dealkylation sites (N-methyl/N-ethyl adjacent to an activating group) is 1. The number of hydrogen-bond acceptors (Lipinski definition) is 11. The van der Waals surface area contributed by atoms with Gasteiger partial charge in [0.1, 0.15) is 5.56 Å². The quantitative estimate of drug-likeness (QED) is 0.128. The molecule has 0 aromatic heterocycles.